The largest absolute Gasteiger partial charge is 0.393 e. The Morgan fingerprint density at radius 3 is 2.62 bits per heavy atom. The van der Waals surface area contributed by atoms with Crippen LogP contribution in [0.2, 0.25) is 0 Å². The SMILES string of the molecule is CCCC1(C)C(NC=O)=CCC2C1[C@@H](O)CC1(C)C2CCC1C(C)(C)O. The van der Waals surface area contributed by atoms with Gasteiger partial charge in [0.2, 0.25) is 6.41 Å². The molecule has 0 aromatic carbocycles. The Kier molecular flexibility index (Phi) is 5.07. The topological polar surface area (TPSA) is 69.6 Å². The van der Waals surface area contributed by atoms with Crippen molar-refractivity contribution in [3.05, 3.63) is 11.8 Å². The van der Waals surface area contributed by atoms with Crippen LogP contribution in [0, 0.1) is 34.5 Å². The van der Waals surface area contributed by atoms with Gasteiger partial charge in [0.05, 0.1) is 11.7 Å². The third kappa shape index (κ3) is 2.84. The van der Waals surface area contributed by atoms with Gasteiger partial charge in [-0.05, 0) is 75.0 Å². The molecule has 148 valence electrons. The average molecular weight is 364 g/mol. The second kappa shape index (κ2) is 6.63. The van der Waals surface area contributed by atoms with E-state index in [1.165, 1.54) is 0 Å². The van der Waals surface area contributed by atoms with Gasteiger partial charge in [-0.3, -0.25) is 4.79 Å². The van der Waals surface area contributed by atoms with Crippen LogP contribution >= 0.6 is 0 Å². The molecule has 0 aromatic heterocycles. The Balaban J connectivity index is 2.01. The van der Waals surface area contributed by atoms with Crippen molar-refractivity contribution in [1.82, 2.24) is 5.32 Å². The van der Waals surface area contributed by atoms with E-state index in [1.54, 1.807) is 0 Å². The minimum absolute atomic E-state index is 0.0185. The van der Waals surface area contributed by atoms with E-state index in [0.717, 1.165) is 50.6 Å². The number of hydrogen-bond acceptors (Lipinski definition) is 3. The number of carbonyl (C=O) groups is 1. The summed E-state index contributed by atoms with van der Waals surface area (Å²) in [5, 5.41) is 25.0. The summed E-state index contributed by atoms with van der Waals surface area (Å²) in [7, 11) is 0. The van der Waals surface area contributed by atoms with Crippen LogP contribution in [-0.4, -0.2) is 28.3 Å². The van der Waals surface area contributed by atoms with Gasteiger partial charge in [0, 0.05) is 11.1 Å². The van der Waals surface area contributed by atoms with Crippen LogP contribution < -0.4 is 5.32 Å². The summed E-state index contributed by atoms with van der Waals surface area (Å²) in [4.78, 5) is 11.2. The molecular formula is C22H37NO3. The second-order valence-corrected chi connectivity index (χ2v) is 10.1. The zero-order chi connectivity index (χ0) is 19.3. The van der Waals surface area contributed by atoms with Crippen molar-refractivity contribution in [3.63, 3.8) is 0 Å². The number of aliphatic hydroxyl groups is 2. The summed E-state index contributed by atoms with van der Waals surface area (Å²) in [5.74, 6) is 1.35. The van der Waals surface area contributed by atoms with Gasteiger partial charge in [-0.2, -0.15) is 0 Å². The highest BCUT2D eigenvalue weighted by molar-refractivity contribution is 5.51. The molecule has 0 bridgehead atoms. The second-order valence-electron chi connectivity index (χ2n) is 10.1. The van der Waals surface area contributed by atoms with E-state index in [9.17, 15) is 15.0 Å². The van der Waals surface area contributed by atoms with E-state index in [1.807, 2.05) is 13.8 Å². The van der Waals surface area contributed by atoms with Gasteiger partial charge in [0.15, 0.2) is 0 Å². The van der Waals surface area contributed by atoms with Gasteiger partial charge >= 0.3 is 0 Å². The Morgan fingerprint density at radius 2 is 2.04 bits per heavy atom. The van der Waals surface area contributed by atoms with Gasteiger partial charge in [0.25, 0.3) is 0 Å². The van der Waals surface area contributed by atoms with Crippen LogP contribution in [-0.2, 0) is 4.79 Å². The smallest absolute Gasteiger partial charge is 0.211 e. The molecule has 7 atom stereocenters. The summed E-state index contributed by atoms with van der Waals surface area (Å²) in [5.41, 5.74) is 0.0780. The summed E-state index contributed by atoms with van der Waals surface area (Å²) >= 11 is 0. The van der Waals surface area contributed by atoms with Crippen molar-refractivity contribution < 1.29 is 15.0 Å². The molecule has 2 saturated carbocycles. The molecule has 0 saturated heterocycles. The number of allylic oxidation sites excluding steroid dienone is 2. The number of nitrogens with one attached hydrogen (secondary N) is 1. The van der Waals surface area contributed by atoms with Crippen molar-refractivity contribution in [2.75, 3.05) is 0 Å². The van der Waals surface area contributed by atoms with Crippen molar-refractivity contribution in [2.45, 2.75) is 84.8 Å². The Hall–Kier alpha value is -0.870. The third-order valence-corrected chi connectivity index (χ3v) is 8.23. The van der Waals surface area contributed by atoms with Crippen LogP contribution in [0.4, 0.5) is 0 Å². The highest BCUT2D eigenvalue weighted by atomic mass is 16.3. The first-order valence-corrected chi connectivity index (χ1v) is 10.4. The van der Waals surface area contributed by atoms with E-state index >= 15 is 0 Å². The number of rotatable bonds is 5. The molecule has 6 unspecified atom stereocenters. The first kappa shape index (κ1) is 19.9. The number of aliphatic hydroxyl groups excluding tert-OH is 1. The fourth-order valence-corrected chi connectivity index (χ4v) is 7.52. The summed E-state index contributed by atoms with van der Waals surface area (Å²) in [6.45, 7) is 10.6. The standard InChI is InChI=1S/C22H37NO3/c1-6-11-21(4)18(23-13-24)10-7-14-15-8-9-17(20(2,3)26)22(15,5)12-16(25)19(14)21/h10,13-17,19,25-26H,6-9,11-12H2,1-5H3,(H,23,24)/t14?,15?,16-,17?,19?,21?,22?/m0/s1. The van der Waals surface area contributed by atoms with E-state index in [-0.39, 0.29) is 22.7 Å². The van der Waals surface area contributed by atoms with E-state index < -0.39 is 11.7 Å². The van der Waals surface area contributed by atoms with Gasteiger partial charge in [-0.25, -0.2) is 0 Å². The van der Waals surface area contributed by atoms with E-state index in [2.05, 4.69) is 32.2 Å². The molecular weight excluding hydrogens is 326 g/mol. The van der Waals surface area contributed by atoms with Crippen molar-refractivity contribution in [2.24, 2.45) is 34.5 Å². The lowest BCUT2D eigenvalue weighted by Crippen LogP contribution is -2.58. The minimum atomic E-state index is -0.711. The van der Waals surface area contributed by atoms with Gasteiger partial charge in [-0.15, -0.1) is 0 Å². The molecule has 0 aliphatic heterocycles. The third-order valence-electron chi connectivity index (χ3n) is 8.23. The normalized spacial score (nSPS) is 45.5. The molecule has 4 nitrogen and oxygen atoms in total. The average Bonchev–Trinajstić information content (AvgIpc) is 2.87. The molecule has 0 aromatic rings. The molecule has 0 radical (unpaired) electrons. The molecule has 0 heterocycles. The van der Waals surface area contributed by atoms with Crippen LogP contribution in [0.15, 0.2) is 11.8 Å². The lowest BCUT2D eigenvalue weighted by atomic mass is 9.48. The predicted octanol–water partition coefficient (Wildman–Crippen LogP) is 3.63. The summed E-state index contributed by atoms with van der Waals surface area (Å²) < 4.78 is 0. The number of carbonyl (C=O) groups excluding carboxylic acids is 1. The molecule has 4 heteroatoms. The van der Waals surface area contributed by atoms with Crippen LogP contribution in [0.1, 0.15) is 73.1 Å². The molecule has 3 rings (SSSR count). The molecule has 3 aliphatic rings. The molecule has 3 N–H and O–H groups in total. The first-order chi connectivity index (χ1) is 12.1. The lowest BCUT2D eigenvalue weighted by Gasteiger charge is -2.59. The first-order valence-electron chi connectivity index (χ1n) is 10.4. The highest BCUT2D eigenvalue weighted by Gasteiger charge is 2.62. The summed E-state index contributed by atoms with van der Waals surface area (Å²) in [6.07, 6.45) is 8.42. The number of fused-ring (bicyclic) bond motifs is 3. The summed E-state index contributed by atoms with van der Waals surface area (Å²) in [6, 6.07) is 0. The zero-order valence-electron chi connectivity index (χ0n) is 17.1. The predicted molar refractivity (Wildman–Crippen MR) is 103 cm³/mol. The maximum Gasteiger partial charge on any atom is 0.211 e. The van der Waals surface area contributed by atoms with Gasteiger partial charge < -0.3 is 15.5 Å². The van der Waals surface area contributed by atoms with Crippen LogP contribution in [0.3, 0.4) is 0 Å². The van der Waals surface area contributed by atoms with Crippen molar-refractivity contribution in [3.8, 4) is 0 Å². The fourth-order valence-electron chi connectivity index (χ4n) is 7.52. The van der Waals surface area contributed by atoms with Crippen LogP contribution in [0.25, 0.3) is 0 Å². The maximum absolute atomic E-state index is 11.3. The number of hydrogen-bond donors (Lipinski definition) is 3. The van der Waals surface area contributed by atoms with E-state index in [4.69, 9.17) is 0 Å². The Morgan fingerprint density at radius 1 is 1.35 bits per heavy atom. The Bertz CT molecular complexity index is 580. The fraction of sp³-hybridized carbons (Fsp3) is 0.864. The van der Waals surface area contributed by atoms with E-state index in [0.29, 0.717) is 11.8 Å². The zero-order valence-corrected chi connectivity index (χ0v) is 17.1. The van der Waals surface area contributed by atoms with Crippen molar-refractivity contribution >= 4 is 6.41 Å². The molecule has 1 amide bonds. The Labute approximate surface area is 158 Å². The maximum atomic E-state index is 11.3. The monoisotopic (exact) mass is 363 g/mol. The molecule has 3 aliphatic carbocycles. The highest BCUT2D eigenvalue weighted by Crippen LogP contribution is 2.66. The van der Waals surface area contributed by atoms with Crippen molar-refractivity contribution in [1.29, 1.82) is 0 Å². The molecule has 0 spiro atoms. The van der Waals surface area contributed by atoms with Gasteiger partial charge in [-0.1, -0.05) is 33.3 Å². The van der Waals surface area contributed by atoms with Crippen LogP contribution in [0.5, 0.6) is 0 Å². The number of amides is 1. The minimum Gasteiger partial charge on any atom is -0.393 e. The lowest BCUT2D eigenvalue weighted by molar-refractivity contribution is -0.143. The molecule has 2 fully saturated rings. The molecule has 26 heavy (non-hydrogen) atoms. The van der Waals surface area contributed by atoms with Gasteiger partial charge in [0.1, 0.15) is 0 Å². The quantitative estimate of drug-likeness (QED) is 0.653.